The monoisotopic (exact) mass is 279 g/mol. The first-order chi connectivity index (χ1) is 9.69. The van der Waals surface area contributed by atoms with Crippen molar-refractivity contribution >= 4 is 0 Å². The number of hydrogen-bond donors (Lipinski definition) is 1. The summed E-state index contributed by atoms with van der Waals surface area (Å²) in [6.07, 6.45) is 7.11. The van der Waals surface area contributed by atoms with Gasteiger partial charge in [-0.15, -0.1) is 0 Å². The third kappa shape index (κ3) is 3.83. The number of ether oxygens (including phenoxy) is 1. The molecule has 1 N–H and O–H groups in total. The largest absolute Gasteiger partial charge is 0.377 e. The van der Waals surface area contributed by atoms with Crippen LogP contribution in [-0.2, 0) is 11.2 Å². The Bertz CT molecular complexity index is 400. The van der Waals surface area contributed by atoms with Crippen LogP contribution in [0.15, 0.2) is 12.3 Å². The average Bonchev–Trinajstić information content (AvgIpc) is 3.20. The second-order valence-corrected chi connectivity index (χ2v) is 5.90. The van der Waals surface area contributed by atoms with Crippen molar-refractivity contribution in [1.29, 1.82) is 0 Å². The topological polar surface area (TPSA) is 39.1 Å². The van der Waals surface area contributed by atoms with Crippen molar-refractivity contribution in [3.63, 3.8) is 0 Å². The molecule has 1 aromatic rings. The molecule has 3 unspecified atom stereocenters. The number of nitrogens with zero attached hydrogens (tertiary/aromatic N) is 2. The minimum Gasteiger partial charge on any atom is -0.377 e. The van der Waals surface area contributed by atoms with Crippen LogP contribution >= 0.6 is 0 Å². The standard InChI is InChI=1S/C16H29N3O/c1-5-12(3)19-10-9-14(18-19)11-15(17-4)16(20-6-2)13-7-8-13/h9-10,12-13,15-17H,5-8,11H2,1-4H3. The van der Waals surface area contributed by atoms with Gasteiger partial charge in [-0.3, -0.25) is 4.68 Å². The summed E-state index contributed by atoms with van der Waals surface area (Å²) in [7, 11) is 2.03. The highest BCUT2D eigenvalue weighted by Gasteiger charge is 2.36. The normalized spacial score (nSPS) is 19.8. The van der Waals surface area contributed by atoms with Crippen LogP contribution in [-0.4, -0.2) is 35.6 Å². The van der Waals surface area contributed by atoms with Gasteiger partial charge in [-0.1, -0.05) is 6.92 Å². The van der Waals surface area contributed by atoms with Gasteiger partial charge in [0.05, 0.1) is 11.8 Å². The molecule has 0 spiro atoms. The fourth-order valence-electron chi connectivity index (χ4n) is 2.72. The first-order valence-electron chi connectivity index (χ1n) is 8.02. The van der Waals surface area contributed by atoms with E-state index in [1.54, 1.807) is 0 Å². The van der Waals surface area contributed by atoms with E-state index in [4.69, 9.17) is 9.84 Å². The first kappa shape index (κ1) is 15.5. The van der Waals surface area contributed by atoms with E-state index < -0.39 is 0 Å². The second-order valence-electron chi connectivity index (χ2n) is 5.90. The molecular formula is C16H29N3O. The quantitative estimate of drug-likeness (QED) is 0.755. The summed E-state index contributed by atoms with van der Waals surface area (Å²) in [6, 6.07) is 2.98. The minimum absolute atomic E-state index is 0.332. The molecule has 0 saturated heterocycles. The molecule has 2 rings (SSSR count). The molecule has 4 heteroatoms. The number of rotatable bonds is 9. The summed E-state index contributed by atoms with van der Waals surface area (Å²) in [5, 5.41) is 8.15. The van der Waals surface area contributed by atoms with E-state index in [0.29, 0.717) is 18.2 Å². The molecule has 1 heterocycles. The highest BCUT2D eigenvalue weighted by Crippen LogP contribution is 2.36. The van der Waals surface area contributed by atoms with E-state index in [2.05, 4.69) is 43.0 Å². The van der Waals surface area contributed by atoms with Gasteiger partial charge in [0.1, 0.15) is 0 Å². The third-order valence-corrected chi connectivity index (χ3v) is 4.35. The number of hydrogen-bond acceptors (Lipinski definition) is 3. The molecule has 1 aliphatic carbocycles. The van der Waals surface area contributed by atoms with Crippen LogP contribution in [0.5, 0.6) is 0 Å². The van der Waals surface area contributed by atoms with Gasteiger partial charge in [0.25, 0.3) is 0 Å². The van der Waals surface area contributed by atoms with Gasteiger partial charge in [0, 0.05) is 31.3 Å². The molecule has 0 aromatic carbocycles. The Kier molecular flexibility index (Phi) is 5.61. The molecule has 1 aliphatic rings. The Morgan fingerprint density at radius 2 is 2.20 bits per heavy atom. The van der Waals surface area contributed by atoms with Crippen LogP contribution in [0.1, 0.15) is 51.8 Å². The predicted molar refractivity (Wildman–Crippen MR) is 81.9 cm³/mol. The van der Waals surface area contributed by atoms with E-state index in [1.807, 2.05) is 7.05 Å². The van der Waals surface area contributed by atoms with Crippen molar-refractivity contribution in [2.45, 2.75) is 64.6 Å². The molecule has 1 saturated carbocycles. The summed E-state index contributed by atoms with van der Waals surface area (Å²) >= 11 is 0. The summed E-state index contributed by atoms with van der Waals surface area (Å²) in [5.41, 5.74) is 1.16. The lowest BCUT2D eigenvalue weighted by atomic mass is 10.0. The molecule has 0 amide bonds. The molecule has 0 aliphatic heterocycles. The van der Waals surface area contributed by atoms with E-state index in [0.717, 1.165) is 31.1 Å². The van der Waals surface area contributed by atoms with E-state index in [9.17, 15) is 0 Å². The van der Waals surface area contributed by atoms with Gasteiger partial charge in [-0.25, -0.2) is 0 Å². The lowest BCUT2D eigenvalue weighted by molar-refractivity contribution is 0.0208. The molecule has 20 heavy (non-hydrogen) atoms. The number of aromatic nitrogens is 2. The Morgan fingerprint density at radius 3 is 2.75 bits per heavy atom. The maximum Gasteiger partial charge on any atom is 0.0759 e. The van der Waals surface area contributed by atoms with Crippen LogP contribution < -0.4 is 5.32 Å². The zero-order valence-corrected chi connectivity index (χ0v) is 13.3. The third-order valence-electron chi connectivity index (χ3n) is 4.35. The average molecular weight is 279 g/mol. The van der Waals surface area contributed by atoms with Gasteiger partial charge >= 0.3 is 0 Å². The Morgan fingerprint density at radius 1 is 1.45 bits per heavy atom. The van der Waals surface area contributed by atoms with Gasteiger partial charge in [-0.05, 0) is 52.1 Å². The molecule has 1 fully saturated rings. The lowest BCUT2D eigenvalue weighted by Gasteiger charge is -2.26. The van der Waals surface area contributed by atoms with Crippen LogP contribution in [0.4, 0.5) is 0 Å². The van der Waals surface area contributed by atoms with Crippen LogP contribution in [0.3, 0.4) is 0 Å². The summed E-state index contributed by atoms with van der Waals surface area (Å²) in [6.45, 7) is 7.28. The Labute approximate surface area is 122 Å². The van der Waals surface area contributed by atoms with Gasteiger partial charge in [-0.2, -0.15) is 5.10 Å². The SMILES string of the molecule is CCOC(C1CC1)C(Cc1ccn(C(C)CC)n1)NC. The van der Waals surface area contributed by atoms with Crippen LogP contribution in [0, 0.1) is 5.92 Å². The van der Waals surface area contributed by atoms with E-state index in [1.165, 1.54) is 12.8 Å². The van der Waals surface area contributed by atoms with Crippen molar-refractivity contribution < 1.29 is 4.74 Å². The van der Waals surface area contributed by atoms with Crippen LogP contribution in [0.2, 0.25) is 0 Å². The molecule has 3 atom stereocenters. The van der Waals surface area contributed by atoms with Crippen molar-refractivity contribution in [3.8, 4) is 0 Å². The van der Waals surface area contributed by atoms with E-state index in [-0.39, 0.29) is 0 Å². The zero-order valence-electron chi connectivity index (χ0n) is 13.3. The number of likely N-dealkylation sites (N-methyl/N-ethyl adjacent to an activating group) is 1. The van der Waals surface area contributed by atoms with Crippen molar-refractivity contribution in [3.05, 3.63) is 18.0 Å². The zero-order chi connectivity index (χ0) is 14.5. The fraction of sp³-hybridized carbons (Fsp3) is 0.812. The maximum atomic E-state index is 5.97. The second kappa shape index (κ2) is 7.23. The van der Waals surface area contributed by atoms with Crippen molar-refractivity contribution in [1.82, 2.24) is 15.1 Å². The summed E-state index contributed by atoms with van der Waals surface area (Å²) in [5.74, 6) is 0.740. The van der Waals surface area contributed by atoms with Crippen molar-refractivity contribution in [2.24, 2.45) is 5.92 Å². The Hall–Kier alpha value is -0.870. The smallest absolute Gasteiger partial charge is 0.0759 e. The lowest BCUT2D eigenvalue weighted by Crippen LogP contribution is -2.42. The molecule has 0 bridgehead atoms. The maximum absolute atomic E-state index is 5.97. The molecule has 1 aromatic heterocycles. The molecule has 114 valence electrons. The fourth-order valence-corrected chi connectivity index (χ4v) is 2.72. The van der Waals surface area contributed by atoms with E-state index >= 15 is 0 Å². The minimum atomic E-state index is 0.332. The molecule has 4 nitrogen and oxygen atoms in total. The van der Waals surface area contributed by atoms with Crippen molar-refractivity contribution in [2.75, 3.05) is 13.7 Å². The molecular weight excluding hydrogens is 250 g/mol. The Balaban J connectivity index is 1.99. The number of nitrogens with one attached hydrogen (secondary N) is 1. The van der Waals surface area contributed by atoms with Gasteiger partial charge < -0.3 is 10.1 Å². The highest BCUT2D eigenvalue weighted by molar-refractivity contribution is 5.05. The summed E-state index contributed by atoms with van der Waals surface area (Å²) in [4.78, 5) is 0. The summed E-state index contributed by atoms with van der Waals surface area (Å²) < 4.78 is 8.05. The van der Waals surface area contributed by atoms with Crippen LogP contribution in [0.25, 0.3) is 0 Å². The molecule has 0 radical (unpaired) electrons. The van der Waals surface area contributed by atoms with Gasteiger partial charge in [0.2, 0.25) is 0 Å². The van der Waals surface area contributed by atoms with Gasteiger partial charge in [0.15, 0.2) is 0 Å². The first-order valence-corrected chi connectivity index (χ1v) is 8.02. The highest BCUT2D eigenvalue weighted by atomic mass is 16.5. The predicted octanol–water partition coefficient (Wildman–Crippen LogP) is 2.80.